The monoisotopic (exact) mass is 319 g/mol. The second kappa shape index (κ2) is 7.25. The first-order chi connectivity index (χ1) is 9.85. The molecule has 1 aromatic rings. The molecule has 1 aromatic carbocycles. The molecule has 3 N–H and O–H groups in total. The average molecular weight is 319 g/mol. The lowest BCUT2D eigenvalue weighted by Gasteiger charge is -2.15. The number of hydrogen-bond acceptors (Lipinski definition) is 6. The van der Waals surface area contributed by atoms with E-state index in [1.54, 1.807) is 0 Å². The summed E-state index contributed by atoms with van der Waals surface area (Å²) < 4.78 is 36.3. The standard InChI is InChI=1S/C12H17NO7S/c1-19-10-4-3-8(7-11(10)20-2)21(17,18)13-9(5-6-14)12(15)16/h3-4,7,9,13-14H,5-6H2,1-2H3,(H,15,16)/t9-/m1/s1. The second-order valence-electron chi connectivity index (χ2n) is 4.04. The van der Waals surface area contributed by atoms with E-state index in [1.807, 2.05) is 4.72 Å². The number of aliphatic hydroxyl groups is 1. The van der Waals surface area contributed by atoms with Crippen molar-refractivity contribution in [3.8, 4) is 11.5 Å². The minimum atomic E-state index is -4.06. The molecule has 0 aliphatic heterocycles. The van der Waals surface area contributed by atoms with Crippen molar-refractivity contribution < 1.29 is 32.9 Å². The lowest BCUT2D eigenvalue weighted by molar-refractivity contribution is -0.139. The number of benzene rings is 1. The van der Waals surface area contributed by atoms with Gasteiger partial charge in [-0.05, 0) is 18.6 Å². The van der Waals surface area contributed by atoms with Gasteiger partial charge in [0.15, 0.2) is 11.5 Å². The molecule has 1 rings (SSSR count). The molecule has 0 radical (unpaired) electrons. The number of carboxylic acids is 1. The third-order valence-electron chi connectivity index (χ3n) is 2.68. The number of hydrogen-bond donors (Lipinski definition) is 3. The Hall–Kier alpha value is -1.84. The third-order valence-corrected chi connectivity index (χ3v) is 4.15. The number of carbonyl (C=O) groups is 1. The number of sulfonamides is 1. The molecule has 0 aliphatic carbocycles. The summed E-state index contributed by atoms with van der Waals surface area (Å²) in [5.74, 6) is -0.816. The summed E-state index contributed by atoms with van der Waals surface area (Å²) in [6.07, 6.45) is -0.234. The van der Waals surface area contributed by atoms with Crippen molar-refractivity contribution in [2.75, 3.05) is 20.8 Å². The number of methoxy groups -OCH3 is 2. The maximum absolute atomic E-state index is 12.1. The first-order valence-corrected chi connectivity index (χ1v) is 7.42. The van der Waals surface area contributed by atoms with E-state index in [2.05, 4.69) is 0 Å². The lowest BCUT2D eigenvalue weighted by Crippen LogP contribution is -2.41. The number of rotatable bonds is 8. The fraction of sp³-hybridized carbons (Fsp3) is 0.417. The maximum atomic E-state index is 12.1. The van der Waals surface area contributed by atoms with E-state index < -0.39 is 28.6 Å². The zero-order valence-corrected chi connectivity index (χ0v) is 12.4. The van der Waals surface area contributed by atoms with Gasteiger partial charge in [0, 0.05) is 12.7 Å². The van der Waals surface area contributed by atoms with Crippen molar-refractivity contribution in [1.82, 2.24) is 4.72 Å². The Morgan fingerprint density at radius 2 is 1.90 bits per heavy atom. The molecular formula is C12H17NO7S. The van der Waals surface area contributed by atoms with Gasteiger partial charge < -0.3 is 19.7 Å². The van der Waals surface area contributed by atoms with E-state index in [9.17, 15) is 13.2 Å². The van der Waals surface area contributed by atoms with Gasteiger partial charge in [-0.3, -0.25) is 4.79 Å². The number of aliphatic carboxylic acids is 1. The van der Waals surface area contributed by atoms with Gasteiger partial charge in [0.25, 0.3) is 0 Å². The molecule has 8 nitrogen and oxygen atoms in total. The van der Waals surface area contributed by atoms with Crippen LogP contribution in [0, 0.1) is 0 Å². The highest BCUT2D eigenvalue weighted by atomic mass is 32.2. The molecular weight excluding hydrogens is 302 g/mol. The van der Waals surface area contributed by atoms with E-state index in [4.69, 9.17) is 19.7 Å². The smallest absolute Gasteiger partial charge is 0.321 e. The zero-order chi connectivity index (χ0) is 16.0. The normalized spacial score (nSPS) is 12.7. The fourth-order valence-electron chi connectivity index (χ4n) is 1.60. The van der Waals surface area contributed by atoms with Crippen LogP contribution in [0.3, 0.4) is 0 Å². The first kappa shape index (κ1) is 17.2. The Kier molecular flexibility index (Phi) is 5.94. The number of aliphatic hydroxyl groups excluding tert-OH is 1. The fourth-order valence-corrected chi connectivity index (χ4v) is 2.84. The van der Waals surface area contributed by atoms with E-state index in [0.717, 1.165) is 0 Å². The van der Waals surface area contributed by atoms with Gasteiger partial charge in [-0.2, -0.15) is 4.72 Å². The Morgan fingerprint density at radius 1 is 1.29 bits per heavy atom. The van der Waals surface area contributed by atoms with Gasteiger partial charge >= 0.3 is 5.97 Å². The molecule has 0 aromatic heterocycles. The summed E-state index contributed by atoms with van der Waals surface area (Å²) in [6, 6.07) is 2.48. The van der Waals surface area contributed by atoms with Crippen LogP contribution in [0.1, 0.15) is 6.42 Å². The van der Waals surface area contributed by atoms with Crippen LogP contribution in [-0.4, -0.2) is 51.5 Å². The van der Waals surface area contributed by atoms with Crippen molar-refractivity contribution in [2.24, 2.45) is 0 Å². The molecule has 0 heterocycles. The van der Waals surface area contributed by atoms with Crippen LogP contribution in [0.15, 0.2) is 23.1 Å². The molecule has 0 saturated heterocycles. The third kappa shape index (κ3) is 4.31. The van der Waals surface area contributed by atoms with Gasteiger partial charge in [0.2, 0.25) is 10.0 Å². The summed E-state index contributed by atoms with van der Waals surface area (Å²) in [5.41, 5.74) is 0. The molecule has 1 atom stereocenters. The van der Waals surface area contributed by atoms with Crippen LogP contribution in [-0.2, 0) is 14.8 Å². The SMILES string of the molecule is COc1ccc(S(=O)(=O)N[C@H](CCO)C(=O)O)cc1OC. The van der Waals surface area contributed by atoms with E-state index in [-0.39, 0.29) is 17.1 Å². The summed E-state index contributed by atoms with van der Waals surface area (Å²) in [5, 5.41) is 17.7. The van der Waals surface area contributed by atoms with Crippen molar-refractivity contribution in [2.45, 2.75) is 17.4 Å². The highest BCUT2D eigenvalue weighted by molar-refractivity contribution is 7.89. The van der Waals surface area contributed by atoms with Gasteiger partial charge in [-0.1, -0.05) is 0 Å². The highest BCUT2D eigenvalue weighted by Crippen LogP contribution is 2.29. The predicted octanol–water partition coefficient (Wildman–Crippen LogP) is -0.182. The van der Waals surface area contributed by atoms with Gasteiger partial charge in [0.1, 0.15) is 6.04 Å². The van der Waals surface area contributed by atoms with Gasteiger partial charge in [0.05, 0.1) is 19.1 Å². The molecule has 0 fully saturated rings. The molecule has 118 valence electrons. The largest absolute Gasteiger partial charge is 0.493 e. The van der Waals surface area contributed by atoms with E-state index in [0.29, 0.717) is 5.75 Å². The Bertz CT molecular complexity index is 600. The number of nitrogens with one attached hydrogen (secondary N) is 1. The minimum Gasteiger partial charge on any atom is -0.493 e. The van der Waals surface area contributed by atoms with Crippen molar-refractivity contribution >= 4 is 16.0 Å². The second-order valence-corrected chi connectivity index (χ2v) is 5.76. The van der Waals surface area contributed by atoms with Crippen LogP contribution in [0.25, 0.3) is 0 Å². The zero-order valence-electron chi connectivity index (χ0n) is 11.6. The molecule has 0 spiro atoms. The molecule has 0 bridgehead atoms. The van der Waals surface area contributed by atoms with Crippen molar-refractivity contribution in [3.05, 3.63) is 18.2 Å². The number of ether oxygens (including phenoxy) is 2. The summed E-state index contributed by atoms with van der Waals surface area (Å²) in [4.78, 5) is 10.8. The molecule has 9 heteroatoms. The lowest BCUT2D eigenvalue weighted by atomic mass is 10.2. The van der Waals surface area contributed by atoms with Gasteiger partial charge in [-0.15, -0.1) is 0 Å². The Morgan fingerprint density at radius 3 is 2.38 bits per heavy atom. The van der Waals surface area contributed by atoms with E-state index in [1.165, 1.54) is 32.4 Å². The van der Waals surface area contributed by atoms with E-state index >= 15 is 0 Å². The molecule has 21 heavy (non-hydrogen) atoms. The molecule has 0 unspecified atom stereocenters. The van der Waals surface area contributed by atoms with Crippen LogP contribution in [0.2, 0.25) is 0 Å². The van der Waals surface area contributed by atoms with Crippen LogP contribution < -0.4 is 14.2 Å². The Labute approximate surface area is 122 Å². The topological polar surface area (TPSA) is 122 Å². The Balaban J connectivity index is 3.10. The van der Waals surface area contributed by atoms with Gasteiger partial charge in [-0.25, -0.2) is 8.42 Å². The molecule has 0 amide bonds. The molecule has 0 aliphatic rings. The maximum Gasteiger partial charge on any atom is 0.321 e. The summed E-state index contributed by atoms with van der Waals surface area (Å²) in [6.45, 7) is -0.453. The van der Waals surface area contributed by atoms with Crippen molar-refractivity contribution in [3.63, 3.8) is 0 Å². The highest BCUT2D eigenvalue weighted by Gasteiger charge is 2.25. The quantitative estimate of drug-likeness (QED) is 0.607. The first-order valence-electron chi connectivity index (χ1n) is 5.93. The van der Waals surface area contributed by atoms with Crippen LogP contribution >= 0.6 is 0 Å². The summed E-state index contributed by atoms with van der Waals surface area (Å²) >= 11 is 0. The summed E-state index contributed by atoms with van der Waals surface area (Å²) in [7, 11) is -1.30. The van der Waals surface area contributed by atoms with Crippen LogP contribution in [0.4, 0.5) is 0 Å². The van der Waals surface area contributed by atoms with Crippen molar-refractivity contribution in [1.29, 1.82) is 0 Å². The predicted molar refractivity (Wildman–Crippen MR) is 73.0 cm³/mol. The van der Waals surface area contributed by atoms with Crippen LogP contribution in [0.5, 0.6) is 11.5 Å². The molecule has 0 saturated carbocycles. The average Bonchev–Trinajstić information content (AvgIpc) is 2.45. The number of carboxylic acid groups (broad SMARTS) is 1. The minimum absolute atomic E-state index is 0.163.